The fourth-order valence-electron chi connectivity index (χ4n) is 3.97. The number of nitrogens with zero attached hydrogens (tertiary/aromatic N) is 1. The van der Waals surface area contributed by atoms with Crippen molar-refractivity contribution in [2.45, 2.75) is 68.9 Å². The molecule has 0 radical (unpaired) electrons. The number of nitrogens with one attached hydrogen (secondary N) is 3. The van der Waals surface area contributed by atoms with Crippen LogP contribution in [0.5, 0.6) is 5.75 Å². The number of sulfone groups is 1. The van der Waals surface area contributed by atoms with Gasteiger partial charge in [0.2, 0.25) is 5.91 Å². The van der Waals surface area contributed by atoms with Gasteiger partial charge in [-0.2, -0.15) is 5.10 Å². The summed E-state index contributed by atoms with van der Waals surface area (Å²) in [6.07, 6.45) is 2.57. The van der Waals surface area contributed by atoms with Crippen LogP contribution in [0.2, 0.25) is 0 Å². The smallest absolute Gasteiger partial charge is 0.407 e. The molecule has 2 amide bonds. The van der Waals surface area contributed by atoms with Crippen LogP contribution in [-0.4, -0.2) is 55.6 Å². The number of carbonyl (C=O) groups excluding carboxylic acids is 2. The van der Waals surface area contributed by atoms with Crippen molar-refractivity contribution < 1.29 is 27.5 Å². The number of aromatic amines is 1. The van der Waals surface area contributed by atoms with E-state index in [2.05, 4.69) is 20.8 Å². The van der Waals surface area contributed by atoms with Crippen LogP contribution in [0, 0.1) is 0 Å². The number of benzene rings is 1. The van der Waals surface area contributed by atoms with E-state index in [-0.39, 0.29) is 28.9 Å². The van der Waals surface area contributed by atoms with Gasteiger partial charge in [0.05, 0.1) is 18.4 Å². The minimum absolute atomic E-state index is 0.0821. The van der Waals surface area contributed by atoms with Crippen LogP contribution in [0.4, 0.5) is 10.6 Å². The Balaban J connectivity index is 1.60. The monoisotopic (exact) mass is 492 g/mol. The maximum Gasteiger partial charge on any atom is 0.407 e. The number of rotatable bonds is 7. The Hall–Kier alpha value is -3.08. The molecular formula is C23H32N4O6S. The highest BCUT2D eigenvalue weighted by atomic mass is 32.2. The first-order valence-electron chi connectivity index (χ1n) is 11.0. The van der Waals surface area contributed by atoms with Gasteiger partial charge in [0.25, 0.3) is 0 Å². The quantitative estimate of drug-likeness (QED) is 0.539. The summed E-state index contributed by atoms with van der Waals surface area (Å²) in [5.74, 6) is 0.536. The van der Waals surface area contributed by atoms with E-state index in [0.717, 1.165) is 24.8 Å². The van der Waals surface area contributed by atoms with Crippen LogP contribution >= 0.6 is 0 Å². The second-order valence-corrected chi connectivity index (χ2v) is 11.6. The average Bonchev–Trinajstić information content (AvgIpc) is 3.34. The summed E-state index contributed by atoms with van der Waals surface area (Å²) in [5.41, 5.74) is 0.827. The standard InChI is InChI=1S/C23H32N4O6S/c1-23(2,3)25-22(29)33-17-7-6-14(10-17)18-13-20(27-26-18)24-21(28)12-15-11-16(32-4)8-9-19(15)34(5,30)31/h8-9,11,13-14,17H,6-7,10,12H2,1-5H3,(H,25,29)(H2,24,26,27,28)/t14-,17+/m0/s1. The Bertz CT molecular complexity index is 1150. The topological polar surface area (TPSA) is 139 Å². The van der Waals surface area contributed by atoms with Crippen LogP contribution < -0.4 is 15.4 Å². The zero-order valence-corrected chi connectivity index (χ0v) is 20.9. The van der Waals surface area contributed by atoms with Crippen molar-refractivity contribution in [2.24, 2.45) is 0 Å². The molecule has 0 aliphatic heterocycles. The SMILES string of the molecule is COc1ccc(S(C)(=O)=O)c(CC(=O)Nc2cc([C@H]3CC[C@@H](OC(=O)NC(C)(C)C)C3)[nH]n2)c1. The van der Waals surface area contributed by atoms with Gasteiger partial charge < -0.3 is 20.1 Å². The number of H-pyrrole nitrogens is 1. The highest BCUT2D eigenvalue weighted by molar-refractivity contribution is 7.90. The molecule has 1 fully saturated rings. The van der Waals surface area contributed by atoms with E-state index in [0.29, 0.717) is 23.6 Å². The van der Waals surface area contributed by atoms with Crippen LogP contribution in [0.25, 0.3) is 0 Å². The summed E-state index contributed by atoms with van der Waals surface area (Å²) in [6.45, 7) is 5.67. The van der Waals surface area contributed by atoms with E-state index >= 15 is 0 Å². The maximum atomic E-state index is 12.6. The predicted molar refractivity (Wildman–Crippen MR) is 127 cm³/mol. The lowest BCUT2D eigenvalue weighted by Gasteiger charge is -2.22. The summed E-state index contributed by atoms with van der Waals surface area (Å²) >= 11 is 0. The molecule has 0 saturated heterocycles. The molecule has 0 unspecified atom stereocenters. The first kappa shape index (κ1) is 25.5. The molecule has 1 aliphatic carbocycles. The molecule has 186 valence electrons. The lowest BCUT2D eigenvalue weighted by atomic mass is 10.0. The van der Waals surface area contributed by atoms with Crippen molar-refractivity contribution in [3.8, 4) is 5.75 Å². The van der Waals surface area contributed by atoms with Gasteiger partial charge in [-0.1, -0.05) is 0 Å². The number of alkyl carbamates (subject to hydrolysis) is 1. The third-order valence-electron chi connectivity index (χ3n) is 5.46. The summed E-state index contributed by atoms with van der Waals surface area (Å²) in [4.78, 5) is 24.7. The molecule has 2 aromatic rings. The molecule has 1 saturated carbocycles. The minimum Gasteiger partial charge on any atom is -0.497 e. The van der Waals surface area contributed by atoms with Gasteiger partial charge in [-0.3, -0.25) is 9.89 Å². The maximum absolute atomic E-state index is 12.6. The molecule has 3 N–H and O–H groups in total. The van der Waals surface area contributed by atoms with Gasteiger partial charge in [0.15, 0.2) is 15.7 Å². The molecule has 1 aliphatic rings. The number of methoxy groups -OCH3 is 1. The Morgan fingerprint density at radius 2 is 1.94 bits per heavy atom. The summed E-state index contributed by atoms with van der Waals surface area (Å²) in [5, 5.41) is 12.6. The molecule has 0 bridgehead atoms. The van der Waals surface area contributed by atoms with Crippen molar-refractivity contribution in [3.05, 3.63) is 35.5 Å². The fourth-order valence-corrected chi connectivity index (χ4v) is 4.89. The largest absolute Gasteiger partial charge is 0.497 e. The normalized spacial score (nSPS) is 18.4. The summed E-state index contributed by atoms with van der Waals surface area (Å²) < 4.78 is 34.8. The molecule has 10 nitrogen and oxygen atoms in total. The first-order chi connectivity index (χ1) is 15.8. The van der Waals surface area contributed by atoms with E-state index in [1.807, 2.05) is 20.8 Å². The summed E-state index contributed by atoms with van der Waals surface area (Å²) in [7, 11) is -2.03. The molecular weight excluding hydrogens is 460 g/mol. The Labute approximate surface area is 199 Å². The number of anilines is 1. The van der Waals surface area contributed by atoms with Crippen LogP contribution in [0.1, 0.15) is 57.2 Å². The first-order valence-corrected chi connectivity index (χ1v) is 12.9. The highest BCUT2D eigenvalue weighted by Gasteiger charge is 2.30. The van der Waals surface area contributed by atoms with Gasteiger partial charge in [-0.15, -0.1) is 0 Å². The molecule has 34 heavy (non-hydrogen) atoms. The molecule has 1 aromatic heterocycles. The van der Waals surface area contributed by atoms with Crippen molar-refractivity contribution in [2.75, 3.05) is 18.7 Å². The number of amides is 2. The van der Waals surface area contributed by atoms with Crippen LogP contribution in [-0.2, 0) is 25.8 Å². The molecule has 11 heteroatoms. The Morgan fingerprint density at radius 1 is 1.21 bits per heavy atom. The van der Waals surface area contributed by atoms with E-state index < -0.39 is 21.8 Å². The van der Waals surface area contributed by atoms with Crippen molar-refractivity contribution in [1.29, 1.82) is 0 Å². The van der Waals surface area contributed by atoms with Gasteiger partial charge in [0.1, 0.15) is 11.9 Å². The van der Waals surface area contributed by atoms with Gasteiger partial charge in [0, 0.05) is 29.5 Å². The molecule has 1 heterocycles. The lowest BCUT2D eigenvalue weighted by molar-refractivity contribution is -0.115. The second kappa shape index (κ2) is 10.0. The average molecular weight is 493 g/mol. The van der Waals surface area contributed by atoms with E-state index in [4.69, 9.17) is 9.47 Å². The number of carbonyl (C=O) groups is 2. The number of aromatic nitrogens is 2. The predicted octanol–water partition coefficient (Wildman–Crippen LogP) is 3.16. The van der Waals surface area contributed by atoms with Crippen molar-refractivity contribution in [3.63, 3.8) is 0 Å². The number of ether oxygens (including phenoxy) is 2. The third-order valence-corrected chi connectivity index (χ3v) is 6.66. The van der Waals surface area contributed by atoms with Gasteiger partial charge >= 0.3 is 6.09 Å². The fraction of sp³-hybridized carbons (Fsp3) is 0.522. The van der Waals surface area contributed by atoms with Crippen LogP contribution in [0.15, 0.2) is 29.2 Å². The number of hydrogen-bond donors (Lipinski definition) is 3. The summed E-state index contributed by atoms with van der Waals surface area (Å²) in [6, 6.07) is 6.27. The van der Waals surface area contributed by atoms with Gasteiger partial charge in [-0.05, 0) is 63.8 Å². The van der Waals surface area contributed by atoms with Crippen molar-refractivity contribution in [1.82, 2.24) is 15.5 Å². The van der Waals surface area contributed by atoms with E-state index in [1.54, 1.807) is 18.2 Å². The highest BCUT2D eigenvalue weighted by Crippen LogP contribution is 2.36. The zero-order chi connectivity index (χ0) is 25.1. The lowest BCUT2D eigenvalue weighted by Crippen LogP contribution is -2.42. The second-order valence-electron chi connectivity index (χ2n) is 9.59. The Morgan fingerprint density at radius 3 is 2.59 bits per heavy atom. The van der Waals surface area contributed by atoms with Gasteiger partial charge in [-0.25, -0.2) is 13.2 Å². The van der Waals surface area contributed by atoms with Crippen LogP contribution in [0.3, 0.4) is 0 Å². The molecule has 1 aromatic carbocycles. The molecule has 3 rings (SSSR count). The molecule has 0 spiro atoms. The van der Waals surface area contributed by atoms with E-state index in [9.17, 15) is 18.0 Å². The third kappa shape index (κ3) is 6.96. The Kier molecular flexibility index (Phi) is 7.54. The zero-order valence-electron chi connectivity index (χ0n) is 20.1. The van der Waals surface area contributed by atoms with E-state index in [1.165, 1.54) is 13.2 Å². The number of hydrogen-bond acceptors (Lipinski definition) is 7. The van der Waals surface area contributed by atoms with Crippen molar-refractivity contribution >= 4 is 27.7 Å². The minimum atomic E-state index is -3.51. The molecule has 2 atom stereocenters.